The third kappa shape index (κ3) is 1.45. The molecule has 14 heavy (non-hydrogen) atoms. The predicted molar refractivity (Wildman–Crippen MR) is 49.2 cm³/mol. The van der Waals surface area contributed by atoms with E-state index in [1.165, 1.54) is 23.7 Å². The van der Waals surface area contributed by atoms with Crippen LogP contribution in [-0.4, -0.2) is 4.57 Å². The van der Waals surface area contributed by atoms with Gasteiger partial charge in [0.15, 0.2) is 5.56 Å². The molecule has 3 nitrogen and oxygen atoms in total. The summed E-state index contributed by atoms with van der Waals surface area (Å²) >= 11 is 0. The van der Waals surface area contributed by atoms with Crippen LogP contribution < -0.4 is 11.3 Å². The van der Waals surface area contributed by atoms with Crippen molar-refractivity contribution in [2.45, 2.75) is 0 Å². The summed E-state index contributed by atoms with van der Waals surface area (Å²) in [5.74, 6) is -0.459. The number of fused-ring (bicyclic) bond motifs is 1. The molecule has 5 heteroatoms. The first-order chi connectivity index (χ1) is 6.09. The van der Waals surface area contributed by atoms with Gasteiger partial charge in [-0.3, -0.25) is 4.79 Å². The maximum absolute atomic E-state index is 13.3. The summed E-state index contributed by atoms with van der Waals surface area (Å²) in [5, 5.41) is 0.546. The van der Waals surface area contributed by atoms with Crippen LogP contribution >= 0.6 is 0 Å². The number of hydrogen-bond donors (Lipinski definition) is 1. The molecule has 0 saturated heterocycles. The van der Waals surface area contributed by atoms with Crippen molar-refractivity contribution in [2.75, 3.05) is 5.73 Å². The molecule has 0 saturated carbocycles. The first-order valence-electron chi connectivity index (χ1n) is 3.81. The second kappa shape index (κ2) is 3.52. The second-order valence-corrected chi connectivity index (χ2v) is 2.98. The van der Waals surface area contributed by atoms with Crippen LogP contribution in [0.2, 0.25) is 0 Å². The Morgan fingerprint density at radius 2 is 2.14 bits per heavy atom. The third-order valence-corrected chi connectivity index (χ3v) is 2.06. The normalized spacial score (nSPS) is 10.1. The van der Waals surface area contributed by atoms with Gasteiger partial charge in [0.05, 0.1) is 5.82 Å². The van der Waals surface area contributed by atoms with Crippen LogP contribution in [0.4, 0.5) is 10.1 Å². The van der Waals surface area contributed by atoms with Crippen LogP contribution in [0.1, 0.15) is 0 Å². The summed E-state index contributed by atoms with van der Waals surface area (Å²) in [6, 6.07) is 4.16. The number of halogens is 1. The molecule has 2 N–H and O–H groups in total. The van der Waals surface area contributed by atoms with E-state index in [-0.39, 0.29) is 22.6 Å². The van der Waals surface area contributed by atoms with E-state index in [1.807, 2.05) is 0 Å². The molecule has 1 aromatic carbocycles. The molecule has 0 spiro atoms. The molecule has 76 valence electrons. The summed E-state index contributed by atoms with van der Waals surface area (Å²) in [7, 11) is 1.53. The van der Waals surface area contributed by atoms with Gasteiger partial charge in [-0.1, -0.05) is 6.07 Å². The minimum atomic E-state index is -0.459. The Labute approximate surface area is 90.2 Å². The van der Waals surface area contributed by atoms with E-state index in [4.69, 9.17) is 5.73 Å². The smallest absolute Gasteiger partial charge is 0.185 e. The van der Waals surface area contributed by atoms with Crippen molar-refractivity contribution < 1.29 is 21.5 Å². The van der Waals surface area contributed by atoms with Crippen molar-refractivity contribution in [3.8, 4) is 0 Å². The van der Waals surface area contributed by atoms with Crippen molar-refractivity contribution >= 4 is 16.6 Å². The first kappa shape index (κ1) is 10.9. The number of aromatic nitrogens is 1. The van der Waals surface area contributed by atoms with Crippen molar-refractivity contribution in [3.63, 3.8) is 0 Å². The largest absolute Gasteiger partial charge is 0.409 e. The zero-order chi connectivity index (χ0) is 9.59. The topological polar surface area (TPSA) is 48.0 Å². The molecule has 0 aliphatic carbocycles. The van der Waals surface area contributed by atoms with Gasteiger partial charge in [-0.25, -0.2) is 4.39 Å². The monoisotopic (exact) mass is 235 g/mol. The average molecular weight is 235 g/mol. The average Bonchev–Trinajstić information content (AvgIpc) is 2.27. The van der Waals surface area contributed by atoms with Gasteiger partial charge >= 0.3 is 0 Å². The zero-order valence-electron chi connectivity index (χ0n) is 7.40. The third-order valence-electron chi connectivity index (χ3n) is 2.06. The number of aryl methyl sites for hydroxylation is 1. The van der Waals surface area contributed by atoms with Gasteiger partial charge in [0.25, 0.3) is 0 Å². The Kier molecular flexibility index (Phi) is 2.73. The standard InChI is InChI=1S/C9H8FN2O.Fe/c1-12-8(13)3-5-2-6(11)4-7(10)9(5)12;/h2-4H,11H2,1H3;/q-1;. The SMILES string of the molecule is Cn1c(=O)[cH-]c2cc(N)cc(F)c21.[Fe]. The summed E-state index contributed by atoms with van der Waals surface area (Å²) in [4.78, 5) is 11.2. The number of benzene rings is 1. The van der Waals surface area contributed by atoms with E-state index in [9.17, 15) is 9.18 Å². The Morgan fingerprint density at radius 3 is 2.79 bits per heavy atom. The zero-order valence-corrected chi connectivity index (χ0v) is 8.50. The molecule has 0 fully saturated rings. The summed E-state index contributed by atoms with van der Waals surface area (Å²) in [5.41, 5.74) is 5.84. The molecule has 0 atom stereocenters. The number of nitrogens with zero attached hydrogens (tertiary/aromatic N) is 1. The van der Waals surface area contributed by atoms with Gasteiger partial charge in [0.1, 0.15) is 0 Å². The van der Waals surface area contributed by atoms with Crippen LogP contribution in [0.25, 0.3) is 10.9 Å². The van der Waals surface area contributed by atoms with Crippen LogP contribution in [0.15, 0.2) is 23.0 Å². The minimum absolute atomic E-state index is 0. The molecular formula is C9H8FFeN2O-. The van der Waals surface area contributed by atoms with E-state index in [1.54, 1.807) is 6.07 Å². The van der Waals surface area contributed by atoms with Crippen LogP contribution in [0.3, 0.4) is 0 Å². The van der Waals surface area contributed by atoms with Crippen molar-refractivity contribution in [1.82, 2.24) is 4.57 Å². The molecule has 2 aromatic rings. The van der Waals surface area contributed by atoms with Crippen LogP contribution in [-0.2, 0) is 24.1 Å². The molecule has 0 aliphatic rings. The number of hydrogen-bond acceptors (Lipinski definition) is 2. The fourth-order valence-corrected chi connectivity index (χ4v) is 1.45. The number of anilines is 1. The van der Waals surface area contributed by atoms with Crippen molar-refractivity contribution in [1.29, 1.82) is 0 Å². The molecule has 0 radical (unpaired) electrons. The molecular weight excluding hydrogens is 227 g/mol. The predicted octanol–water partition coefficient (Wildman–Crippen LogP) is 0.976. The van der Waals surface area contributed by atoms with E-state index in [0.717, 1.165) is 0 Å². The van der Waals surface area contributed by atoms with Crippen LogP contribution in [0, 0.1) is 5.82 Å². The van der Waals surface area contributed by atoms with Gasteiger partial charge in [0.2, 0.25) is 0 Å². The van der Waals surface area contributed by atoms with Crippen molar-refractivity contribution in [2.24, 2.45) is 7.05 Å². The fraction of sp³-hybridized carbons (Fsp3) is 0.111. The molecule has 0 unspecified atom stereocenters. The van der Waals surface area contributed by atoms with E-state index in [2.05, 4.69) is 0 Å². The maximum atomic E-state index is 13.3. The summed E-state index contributed by atoms with van der Waals surface area (Å²) in [6.45, 7) is 0. The molecule has 0 bridgehead atoms. The van der Waals surface area contributed by atoms with Gasteiger partial charge in [-0.2, -0.15) is 5.39 Å². The first-order valence-corrected chi connectivity index (χ1v) is 3.81. The minimum Gasteiger partial charge on any atom is -0.409 e. The molecule has 1 heterocycles. The number of nitrogen functional groups attached to an aromatic ring is 1. The maximum Gasteiger partial charge on any atom is 0.185 e. The fourth-order valence-electron chi connectivity index (χ4n) is 1.45. The van der Waals surface area contributed by atoms with E-state index in [0.29, 0.717) is 16.6 Å². The quantitative estimate of drug-likeness (QED) is 0.420. The molecule has 2 rings (SSSR count). The number of nitrogens with two attached hydrogens (primary N) is 1. The van der Waals surface area contributed by atoms with E-state index >= 15 is 0 Å². The summed E-state index contributed by atoms with van der Waals surface area (Å²) < 4.78 is 14.5. The molecule has 0 aliphatic heterocycles. The molecule has 1 aromatic heterocycles. The second-order valence-electron chi connectivity index (χ2n) is 2.98. The summed E-state index contributed by atoms with van der Waals surface area (Å²) in [6.07, 6.45) is 0. The Hall–Kier alpha value is -1.19. The van der Waals surface area contributed by atoms with Crippen LogP contribution in [0.5, 0.6) is 0 Å². The van der Waals surface area contributed by atoms with Gasteiger partial charge in [0, 0.05) is 24.1 Å². The van der Waals surface area contributed by atoms with Gasteiger partial charge < -0.3 is 10.3 Å². The van der Waals surface area contributed by atoms with Gasteiger partial charge in [-0.05, 0) is 17.3 Å². The Balaban J connectivity index is 0.000000980. The Bertz CT molecular complexity index is 529. The molecule has 0 amide bonds. The van der Waals surface area contributed by atoms with Gasteiger partial charge in [-0.15, -0.1) is 6.07 Å². The van der Waals surface area contributed by atoms with Crippen molar-refractivity contribution in [3.05, 3.63) is 34.4 Å². The Morgan fingerprint density at radius 1 is 1.50 bits per heavy atom. The number of rotatable bonds is 0. The van der Waals surface area contributed by atoms with E-state index < -0.39 is 5.82 Å².